The molecule has 3 atom stereocenters. The molecule has 0 aliphatic carbocycles. The van der Waals surface area contributed by atoms with Crippen molar-refractivity contribution in [1.29, 1.82) is 0 Å². The van der Waals surface area contributed by atoms with Gasteiger partial charge in [0.15, 0.2) is 5.13 Å². The van der Waals surface area contributed by atoms with Gasteiger partial charge in [-0.2, -0.15) is 4.31 Å². The zero-order valence-corrected chi connectivity index (χ0v) is 24.0. The number of aliphatic hydroxyl groups excluding tert-OH is 1. The van der Waals surface area contributed by atoms with Gasteiger partial charge in [-0.1, -0.05) is 55.5 Å². The first-order valence-corrected chi connectivity index (χ1v) is 15.3. The molecule has 3 aromatic rings. The van der Waals surface area contributed by atoms with Crippen LogP contribution in [0.4, 0.5) is 9.93 Å². The Labute approximate surface area is 233 Å². The molecule has 1 aliphatic rings. The number of alkyl carbamates (subject to hydrolysis) is 1. The van der Waals surface area contributed by atoms with Gasteiger partial charge in [-0.25, -0.2) is 18.2 Å². The van der Waals surface area contributed by atoms with Gasteiger partial charge in [-0.05, 0) is 36.1 Å². The fourth-order valence-corrected chi connectivity index (χ4v) is 6.87. The Hall–Kier alpha value is -2.77. The highest BCUT2D eigenvalue weighted by molar-refractivity contribution is 7.89. The van der Waals surface area contributed by atoms with Crippen LogP contribution in [0.25, 0.3) is 10.2 Å². The first kappa shape index (κ1) is 29.2. The van der Waals surface area contributed by atoms with Crippen LogP contribution in [0, 0.1) is 5.92 Å². The van der Waals surface area contributed by atoms with Crippen molar-refractivity contribution in [2.75, 3.05) is 38.7 Å². The van der Waals surface area contributed by atoms with E-state index in [0.717, 1.165) is 10.3 Å². The highest BCUT2D eigenvalue weighted by Gasteiger charge is 2.32. The molecule has 10 nitrogen and oxygen atoms in total. The highest BCUT2D eigenvalue weighted by atomic mass is 32.2. The van der Waals surface area contributed by atoms with Gasteiger partial charge in [0.2, 0.25) is 10.0 Å². The molecule has 2 heterocycles. The number of benzene rings is 2. The number of aliphatic hydroxyl groups is 1. The number of ether oxygens (including phenoxy) is 2. The number of aromatic nitrogens is 1. The molecule has 212 valence electrons. The van der Waals surface area contributed by atoms with Crippen LogP contribution in [-0.2, 0) is 25.9 Å². The van der Waals surface area contributed by atoms with Crippen LogP contribution >= 0.6 is 11.3 Å². The average molecular weight is 577 g/mol. The SMILES string of the molecule is CNc1nc2cc(S(=O)(=O)N(CC(C)C)C[C@@H](O)[C@H](Cc3ccccc3)NC(=O)O[C@H]3CCOC3)ccc2s1. The second-order valence-electron chi connectivity index (χ2n) is 10.0. The first-order valence-electron chi connectivity index (χ1n) is 13.0. The Balaban J connectivity index is 1.56. The Morgan fingerprint density at radius 3 is 2.67 bits per heavy atom. The number of anilines is 1. The lowest BCUT2D eigenvalue weighted by Crippen LogP contribution is -2.51. The summed E-state index contributed by atoms with van der Waals surface area (Å²) >= 11 is 1.44. The van der Waals surface area contributed by atoms with Crippen LogP contribution in [0.5, 0.6) is 0 Å². The molecule has 2 aromatic carbocycles. The van der Waals surface area contributed by atoms with Gasteiger partial charge in [-0.3, -0.25) is 0 Å². The van der Waals surface area contributed by atoms with Crippen molar-refractivity contribution in [1.82, 2.24) is 14.6 Å². The van der Waals surface area contributed by atoms with Crippen LogP contribution in [0.15, 0.2) is 53.4 Å². The Morgan fingerprint density at radius 2 is 2.00 bits per heavy atom. The van der Waals surface area contributed by atoms with Gasteiger partial charge in [0.25, 0.3) is 0 Å². The van der Waals surface area contributed by atoms with Crippen molar-refractivity contribution in [2.24, 2.45) is 5.92 Å². The third-order valence-corrected chi connectivity index (χ3v) is 9.28. The molecule has 1 amide bonds. The monoisotopic (exact) mass is 576 g/mol. The molecule has 0 unspecified atom stereocenters. The van der Waals surface area contributed by atoms with E-state index in [1.54, 1.807) is 25.2 Å². The molecule has 1 aliphatic heterocycles. The topological polar surface area (TPSA) is 130 Å². The van der Waals surface area contributed by atoms with Gasteiger partial charge >= 0.3 is 6.09 Å². The maximum atomic E-state index is 13.8. The van der Waals surface area contributed by atoms with Gasteiger partial charge in [0, 0.05) is 26.6 Å². The van der Waals surface area contributed by atoms with Crippen molar-refractivity contribution < 1.29 is 27.8 Å². The minimum atomic E-state index is -3.98. The average Bonchev–Trinajstić information content (AvgIpc) is 3.57. The lowest BCUT2D eigenvalue weighted by molar-refractivity contribution is 0.0644. The molecule has 0 spiro atoms. The third-order valence-electron chi connectivity index (χ3n) is 6.40. The first-order chi connectivity index (χ1) is 18.7. The lowest BCUT2D eigenvalue weighted by atomic mass is 10.0. The third kappa shape index (κ3) is 7.67. The summed E-state index contributed by atoms with van der Waals surface area (Å²) in [7, 11) is -2.21. The van der Waals surface area contributed by atoms with E-state index in [9.17, 15) is 18.3 Å². The number of carbonyl (C=O) groups is 1. The molecule has 1 fully saturated rings. The predicted octanol–water partition coefficient (Wildman–Crippen LogP) is 3.47. The Morgan fingerprint density at radius 1 is 1.23 bits per heavy atom. The Kier molecular flexibility index (Phi) is 9.78. The predicted molar refractivity (Wildman–Crippen MR) is 152 cm³/mol. The van der Waals surface area contributed by atoms with Crippen molar-refractivity contribution in [3.63, 3.8) is 0 Å². The van der Waals surface area contributed by atoms with E-state index in [0.29, 0.717) is 36.7 Å². The molecule has 0 radical (unpaired) electrons. The molecule has 0 bridgehead atoms. The molecule has 4 rings (SSSR count). The minimum Gasteiger partial charge on any atom is -0.444 e. The molecule has 3 N–H and O–H groups in total. The van der Waals surface area contributed by atoms with Crippen LogP contribution in [0.3, 0.4) is 0 Å². The van der Waals surface area contributed by atoms with Crippen molar-refractivity contribution in [3.8, 4) is 0 Å². The summed E-state index contributed by atoms with van der Waals surface area (Å²) in [5.41, 5.74) is 1.47. The number of nitrogens with one attached hydrogen (secondary N) is 2. The standard InChI is InChI=1S/C27H36N4O6S2/c1-18(2)15-31(39(34,35)21-9-10-25-23(14-21)29-26(28-3)38-25)16-24(32)22(13-19-7-5-4-6-8-19)30-27(33)37-20-11-12-36-17-20/h4-10,14,18,20,22,24,32H,11-13,15-17H2,1-3H3,(H,28,29)(H,30,33)/t20-,22-,24+/m0/s1. The minimum absolute atomic E-state index is 0.00117. The van der Waals surface area contributed by atoms with Gasteiger partial charge in [0.1, 0.15) is 6.10 Å². The van der Waals surface area contributed by atoms with Crippen molar-refractivity contribution in [3.05, 3.63) is 54.1 Å². The van der Waals surface area contributed by atoms with Crippen LogP contribution < -0.4 is 10.6 Å². The summed E-state index contributed by atoms with van der Waals surface area (Å²) in [4.78, 5) is 17.2. The fraction of sp³-hybridized carbons (Fsp3) is 0.481. The van der Waals surface area contributed by atoms with E-state index in [2.05, 4.69) is 15.6 Å². The van der Waals surface area contributed by atoms with E-state index in [4.69, 9.17) is 9.47 Å². The smallest absolute Gasteiger partial charge is 0.407 e. The number of hydrogen-bond acceptors (Lipinski definition) is 9. The number of nitrogens with zero attached hydrogens (tertiary/aromatic N) is 2. The summed E-state index contributed by atoms with van der Waals surface area (Å²) < 4.78 is 40.5. The number of amides is 1. The molecule has 12 heteroatoms. The summed E-state index contributed by atoms with van der Waals surface area (Å²) in [6.45, 7) is 4.68. The maximum Gasteiger partial charge on any atom is 0.407 e. The lowest BCUT2D eigenvalue weighted by Gasteiger charge is -2.30. The Bertz CT molecular complexity index is 1340. The second-order valence-corrected chi connectivity index (χ2v) is 13.0. The summed E-state index contributed by atoms with van der Waals surface area (Å²) in [6, 6.07) is 13.5. The van der Waals surface area contributed by atoms with Gasteiger partial charge in [0.05, 0.1) is 40.5 Å². The van der Waals surface area contributed by atoms with E-state index >= 15 is 0 Å². The number of sulfonamides is 1. The van der Waals surface area contributed by atoms with Crippen LogP contribution in [0.1, 0.15) is 25.8 Å². The van der Waals surface area contributed by atoms with E-state index in [-0.39, 0.29) is 30.0 Å². The number of fused-ring (bicyclic) bond motifs is 1. The number of thiazole rings is 1. The zero-order chi connectivity index (χ0) is 28.0. The number of carbonyl (C=O) groups excluding carboxylic acids is 1. The van der Waals surface area contributed by atoms with Crippen LogP contribution in [-0.4, -0.2) is 80.5 Å². The quantitative estimate of drug-likeness (QED) is 0.299. The highest BCUT2D eigenvalue weighted by Crippen LogP contribution is 2.29. The van der Waals surface area contributed by atoms with Crippen LogP contribution in [0.2, 0.25) is 0 Å². The zero-order valence-electron chi connectivity index (χ0n) is 22.4. The summed E-state index contributed by atoms with van der Waals surface area (Å²) in [6.07, 6.45) is -1.31. The second kappa shape index (κ2) is 13.1. The summed E-state index contributed by atoms with van der Waals surface area (Å²) in [5.74, 6) is -0.00117. The van der Waals surface area contributed by atoms with E-state index in [1.165, 1.54) is 15.6 Å². The number of hydrogen-bond donors (Lipinski definition) is 3. The van der Waals surface area contributed by atoms with E-state index in [1.807, 2.05) is 44.2 Å². The molecule has 0 saturated carbocycles. The number of rotatable bonds is 12. The van der Waals surface area contributed by atoms with E-state index < -0.39 is 28.3 Å². The van der Waals surface area contributed by atoms with Gasteiger partial charge < -0.3 is 25.2 Å². The maximum absolute atomic E-state index is 13.8. The largest absolute Gasteiger partial charge is 0.444 e. The van der Waals surface area contributed by atoms with Gasteiger partial charge in [-0.15, -0.1) is 0 Å². The normalized spacial score (nSPS) is 17.4. The summed E-state index contributed by atoms with van der Waals surface area (Å²) in [5, 5.41) is 17.8. The molecular weight excluding hydrogens is 540 g/mol. The molecular formula is C27H36N4O6S2. The molecule has 1 aromatic heterocycles. The van der Waals surface area contributed by atoms with Crippen molar-refractivity contribution in [2.45, 2.75) is 49.8 Å². The molecule has 39 heavy (non-hydrogen) atoms. The fourth-order valence-electron chi connectivity index (χ4n) is 4.43. The van der Waals surface area contributed by atoms with Crippen molar-refractivity contribution >= 4 is 42.8 Å². The molecule has 1 saturated heterocycles.